The Labute approximate surface area is 255 Å². The summed E-state index contributed by atoms with van der Waals surface area (Å²) in [6.07, 6.45) is 7.22. The van der Waals surface area contributed by atoms with Crippen molar-refractivity contribution in [3.8, 4) is 0 Å². The first-order valence-corrected chi connectivity index (χ1v) is 15.5. The molecule has 9 atom stereocenters. The van der Waals surface area contributed by atoms with E-state index in [1.54, 1.807) is 0 Å². The smallest absolute Gasteiger partial charge is 0.326 e. The molecular formula is C31H43FN2O10. The van der Waals surface area contributed by atoms with Crippen molar-refractivity contribution >= 4 is 23.6 Å². The van der Waals surface area contributed by atoms with E-state index in [9.17, 15) is 39.5 Å². The van der Waals surface area contributed by atoms with Crippen LogP contribution in [0.5, 0.6) is 0 Å². The average molecular weight is 623 g/mol. The maximum absolute atomic E-state index is 15.5. The van der Waals surface area contributed by atoms with Crippen molar-refractivity contribution in [3.63, 3.8) is 0 Å². The topological polar surface area (TPSA) is 182 Å². The van der Waals surface area contributed by atoms with Crippen LogP contribution in [-0.4, -0.2) is 70.5 Å². The van der Waals surface area contributed by atoms with Gasteiger partial charge in [0.25, 0.3) is 5.09 Å². The lowest BCUT2D eigenvalue weighted by Gasteiger charge is -2.59. The third kappa shape index (κ3) is 6.97. The Morgan fingerprint density at radius 1 is 1.20 bits per heavy atom. The van der Waals surface area contributed by atoms with Crippen molar-refractivity contribution in [1.29, 1.82) is 0 Å². The number of alkyl halides is 1. The maximum atomic E-state index is 15.5. The molecule has 3 fully saturated rings. The van der Waals surface area contributed by atoms with Crippen LogP contribution in [0.4, 0.5) is 4.39 Å². The van der Waals surface area contributed by atoms with Gasteiger partial charge >= 0.3 is 11.9 Å². The van der Waals surface area contributed by atoms with Gasteiger partial charge in [-0.2, -0.15) is 0 Å². The zero-order valence-corrected chi connectivity index (χ0v) is 25.2. The fraction of sp³-hybridized carbons (Fsp3) is 0.742. The first-order chi connectivity index (χ1) is 20.8. The van der Waals surface area contributed by atoms with Gasteiger partial charge in [-0.05, 0) is 67.8 Å². The molecule has 4 aliphatic carbocycles. The van der Waals surface area contributed by atoms with Crippen LogP contribution in [0, 0.1) is 44.6 Å². The quantitative estimate of drug-likeness (QED) is 0.0852. The highest BCUT2D eigenvalue weighted by Crippen LogP contribution is 2.66. The number of aliphatic hydroxyl groups excluding tert-OH is 1. The molecule has 3 unspecified atom stereocenters. The van der Waals surface area contributed by atoms with E-state index in [1.165, 1.54) is 0 Å². The molecule has 0 saturated heterocycles. The van der Waals surface area contributed by atoms with Gasteiger partial charge in [0.15, 0.2) is 5.78 Å². The number of nitrogens with zero attached hydrogens (tertiary/aromatic N) is 1. The second kappa shape index (κ2) is 13.7. The van der Waals surface area contributed by atoms with Gasteiger partial charge < -0.3 is 25.1 Å². The number of carbonyl (C=O) groups excluding carboxylic acids is 3. The number of hydrogen-bond acceptors (Lipinski definition) is 9. The molecule has 1 amide bonds. The Morgan fingerprint density at radius 2 is 1.95 bits per heavy atom. The Bertz CT molecular complexity index is 1210. The number of aliphatic carboxylic acids is 1. The number of unbranched alkanes of at least 4 members (excludes halogenated alkanes) is 2. The Hall–Kier alpha value is -3.35. The third-order valence-corrected chi connectivity index (χ3v) is 10.5. The van der Waals surface area contributed by atoms with Crippen LogP contribution in [-0.2, 0) is 28.8 Å². The number of fused-ring (bicyclic) bond motifs is 5. The van der Waals surface area contributed by atoms with E-state index >= 15 is 4.39 Å². The normalized spacial score (nSPS) is 34.4. The van der Waals surface area contributed by atoms with E-state index in [0.717, 1.165) is 5.57 Å². The third-order valence-electron chi connectivity index (χ3n) is 10.5. The number of carboxylic acid groups (broad SMARTS) is 1. The van der Waals surface area contributed by atoms with Gasteiger partial charge in [0.05, 0.1) is 19.1 Å². The molecule has 0 aliphatic heterocycles. The van der Waals surface area contributed by atoms with E-state index in [2.05, 4.69) is 10.2 Å². The number of halogens is 1. The Kier molecular flexibility index (Phi) is 10.5. The summed E-state index contributed by atoms with van der Waals surface area (Å²) in [5.41, 5.74) is -0.409. The van der Waals surface area contributed by atoms with Crippen molar-refractivity contribution < 1.29 is 48.4 Å². The van der Waals surface area contributed by atoms with Gasteiger partial charge in [-0.1, -0.05) is 38.5 Å². The molecule has 0 aromatic heterocycles. The highest BCUT2D eigenvalue weighted by Gasteiger charge is 2.63. The predicted octanol–water partition coefficient (Wildman–Crippen LogP) is 3.49. The number of ether oxygens (including phenoxy) is 1. The highest BCUT2D eigenvalue weighted by atomic mass is 19.1. The first kappa shape index (κ1) is 33.5. The zero-order valence-electron chi connectivity index (χ0n) is 25.2. The molecule has 4 aliphatic rings. The van der Waals surface area contributed by atoms with E-state index < -0.39 is 71.0 Å². The number of carboxylic acids is 1. The van der Waals surface area contributed by atoms with Crippen LogP contribution >= 0.6 is 0 Å². The minimum atomic E-state index is -1.55. The number of aliphatic hydroxyl groups is 1. The summed E-state index contributed by atoms with van der Waals surface area (Å²) in [6, 6.07) is -1.55. The van der Waals surface area contributed by atoms with Crippen LogP contribution < -0.4 is 5.32 Å². The van der Waals surface area contributed by atoms with E-state index in [-0.39, 0.29) is 36.6 Å². The monoisotopic (exact) mass is 622 g/mol. The van der Waals surface area contributed by atoms with Crippen molar-refractivity contribution in [1.82, 2.24) is 5.32 Å². The largest absolute Gasteiger partial charge is 0.480 e. The van der Waals surface area contributed by atoms with Gasteiger partial charge in [-0.15, -0.1) is 10.1 Å². The van der Waals surface area contributed by atoms with Gasteiger partial charge in [-0.25, -0.2) is 9.18 Å². The number of allylic oxidation sites excluding steroid dienone is 4. The molecule has 3 N–H and O–H groups in total. The van der Waals surface area contributed by atoms with Gasteiger partial charge in [0.2, 0.25) is 5.91 Å². The first-order valence-electron chi connectivity index (χ1n) is 15.5. The molecule has 4 rings (SSSR count). The average Bonchev–Trinajstić information content (AvgIpc) is 3.29. The number of carbonyl (C=O) groups is 4. The van der Waals surface area contributed by atoms with E-state index in [4.69, 9.17) is 4.74 Å². The van der Waals surface area contributed by atoms with Gasteiger partial charge in [0, 0.05) is 23.7 Å². The van der Waals surface area contributed by atoms with Crippen LogP contribution in [0.2, 0.25) is 0 Å². The molecule has 0 heterocycles. The molecule has 3 saturated carbocycles. The van der Waals surface area contributed by atoms with Gasteiger partial charge in [-0.3, -0.25) is 14.4 Å². The Balaban J connectivity index is 1.29. The minimum Gasteiger partial charge on any atom is -0.480 e. The summed E-state index contributed by atoms with van der Waals surface area (Å²) in [6.45, 7) is 3.32. The second-order valence-corrected chi connectivity index (χ2v) is 13.1. The lowest BCUT2D eigenvalue weighted by Crippen LogP contribution is -2.58. The minimum absolute atomic E-state index is 0.0275. The standard InChI is InChI=1S/C31H43FN2O10/c1-30-12-6-5-8-20(30)22(32)14-18-19-10-11-21(31(19,2)16-24(35)28(18)30)25(36)17-43-27(38)15-23(29(39)40)33-26(37)9-4-3-7-13-44-34(41)42/h6,8,12,18-19,21-24,28,35H,3-5,7,9-11,13-17H2,1-2H3,(H,33,37)(H,39,40)/t18-,19?,21?,22-,23?,24-,28+,30-,31-/m0/s1. The van der Waals surface area contributed by atoms with Crippen LogP contribution in [0.25, 0.3) is 0 Å². The SMILES string of the molecule is C[C@]12C[C@H](O)[C@H]3[C@@H](C[C@H](F)C4=CCC=C[C@@]43C)C1CCC2C(=O)COC(=O)CC(NC(=O)CCCCCO[N+](=O)[O-])C(=O)O. The molecule has 0 spiro atoms. The predicted molar refractivity (Wildman–Crippen MR) is 153 cm³/mol. The molecule has 12 nitrogen and oxygen atoms in total. The summed E-state index contributed by atoms with van der Waals surface area (Å²) >= 11 is 0. The molecule has 13 heteroatoms. The molecule has 0 radical (unpaired) electrons. The Morgan fingerprint density at radius 3 is 2.66 bits per heavy atom. The van der Waals surface area contributed by atoms with Crippen LogP contribution in [0.3, 0.4) is 0 Å². The number of hydrogen-bond donors (Lipinski definition) is 3. The summed E-state index contributed by atoms with van der Waals surface area (Å²) < 4.78 is 20.7. The molecule has 244 valence electrons. The van der Waals surface area contributed by atoms with E-state index in [1.807, 2.05) is 32.1 Å². The fourth-order valence-corrected chi connectivity index (χ4v) is 8.66. The number of Topliss-reactive ketones (excluding diaryl/α,β-unsaturated/α-hetero) is 1. The number of esters is 1. The van der Waals surface area contributed by atoms with Crippen molar-refractivity contribution in [2.45, 2.75) is 96.4 Å². The molecule has 0 aromatic carbocycles. The van der Waals surface area contributed by atoms with Crippen molar-refractivity contribution in [2.24, 2.45) is 34.5 Å². The van der Waals surface area contributed by atoms with Crippen LogP contribution in [0.15, 0.2) is 23.8 Å². The molecule has 44 heavy (non-hydrogen) atoms. The highest BCUT2D eigenvalue weighted by molar-refractivity contribution is 5.89. The number of ketones is 1. The summed E-state index contributed by atoms with van der Waals surface area (Å²) in [4.78, 5) is 64.0. The lowest BCUT2D eigenvalue weighted by molar-refractivity contribution is -0.757. The molecule has 0 aromatic rings. The maximum Gasteiger partial charge on any atom is 0.326 e. The zero-order chi connectivity index (χ0) is 32.2. The number of nitrogens with one attached hydrogen (secondary N) is 1. The summed E-state index contributed by atoms with van der Waals surface area (Å²) in [5.74, 6) is -4.01. The lowest BCUT2D eigenvalue weighted by atomic mass is 9.46. The van der Waals surface area contributed by atoms with Crippen molar-refractivity contribution in [3.05, 3.63) is 33.9 Å². The van der Waals surface area contributed by atoms with Crippen molar-refractivity contribution in [2.75, 3.05) is 13.2 Å². The van der Waals surface area contributed by atoms with Gasteiger partial charge in [0.1, 0.15) is 18.8 Å². The van der Waals surface area contributed by atoms with Crippen LogP contribution in [0.1, 0.15) is 78.1 Å². The summed E-state index contributed by atoms with van der Waals surface area (Å²) in [5, 5.41) is 32.4. The fourth-order valence-electron chi connectivity index (χ4n) is 8.66. The molecule has 0 bridgehead atoms. The second-order valence-electron chi connectivity index (χ2n) is 13.1. The molecular weight excluding hydrogens is 579 g/mol. The number of amides is 1. The number of rotatable bonds is 14. The van der Waals surface area contributed by atoms with E-state index in [0.29, 0.717) is 51.4 Å². The summed E-state index contributed by atoms with van der Waals surface area (Å²) in [7, 11) is 0.